The average Bonchev–Trinajstić information content (AvgIpc) is 2.56. The molecule has 0 bridgehead atoms. The molecule has 1 aliphatic carbocycles. The fourth-order valence-electron chi connectivity index (χ4n) is 2.91. The van der Waals surface area contributed by atoms with Crippen molar-refractivity contribution >= 4 is 11.8 Å². The Kier molecular flexibility index (Phi) is 4.32. The molecular formula is C17H19N3O2. The first-order chi connectivity index (χ1) is 10.8. The summed E-state index contributed by atoms with van der Waals surface area (Å²) in [4.78, 5) is 20.2. The maximum Gasteiger partial charge on any atom is 0.312 e. The Balaban J connectivity index is 1.77. The predicted octanol–water partition coefficient (Wildman–Crippen LogP) is 2.64. The van der Waals surface area contributed by atoms with E-state index >= 15 is 0 Å². The summed E-state index contributed by atoms with van der Waals surface area (Å²) in [5, 5.41) is 12.7. The summed E-state index contributed by atoms with van der Waals surface area (Å²) >= 11 is 0. The average molecular weight is 297 g/mol. The van der Waals surface area contributed by atoms with Gasteiger partial charge in [-0.15, -0.1) is 0 Å². The highest BCUT2D eigenvalue weighted by molar-refractivity contribution is 5.77. The molecule has 5 nitrogen and oxygen atoms in total. The monoisotopic (exact) mass is 297 g/mol. The number of carbonyl (C=O) groups is 1. The Hall–Kier alpha value is -2.43. The van der Waals surface area contributed by atoms with Gasteiger partial charge in [-0.2, -0.15) is 0 Å². The van der Waals surface area contributed by atoms with Gasteiger partial charge in [-0.05, 0) is 31.2 Å². The molecule has 3 rings (SSSR count). The molecule has 2 N–H and O–H groups in total. The molecule has 22 heavy (non-hydrogen) atoms. The van der Waals surface area contributed by atoms with Crippen LogP contribution in [0.25, 0.3) is 0 Å². The molecule has 0 saturated carbocycles. The highest BCUT2D eigenvalue weighted by Gasteiger charge is 2.21. The van der Waals surface area contributed by atoms with Crippen LogP contribution in [0.5, 0.6) is 0 Å². The van der Waals surface area contributed by atoms with Gasteiger partial charge in [0, 0.05) is 17.8 Å². The van der Waals surface area contributed by atoms with E-state index in [1.54, 1.807) is 6.33 Å². The first-order valence-corrected chi connectivity index (χ1v) is 7.60. The SMILES string of the molecule is O=C(O)C(CNc1ncnc2c1CCCC2)c1ccccc1. The minimum absolute atomic E-state index is 0.322. The van der Waals surface area contributed by atoms with E-state index in [9.17, 15) is 9.90 Å². The van der Waals surface area contributed by atoms with Crippen LogP contribution >= 0.6 is 0 Å². The quantitative estimate of drug-likeness (QED) is 0.887. The van der Waals surface area contributed by atoms with Gasteiger partial charge in [0.05, 0.1) is 5.92 Å². The largest absolute Gasteiger partial charge is 0.481 e. The lowest BCUT2D eigenvalue weighted by atomic mass is 9.96. The minimum atomic E-state index is -0.832. The molecule has 0 saturated heterocycles. The second-order valence-electron chi connectivity index (χ2n) is 5.54. The standard InChI is InChI=1S/C17H19N3O2/c21-17(22)14(12-6-2-1-3-7-12)10-18-16-13-8-4-5-9-15(13)19-11-20-16/h1-3,6-7,11,14H,4-5,8-10H2,(H,21,22)(H,18,19,20). The van der Waals surface area contributed by atoms with Crippen LogP contribution in [0, 0.1) is 0 Å². The number of nitrogens with zero attached hydrogens (tertiary/aromatic N) is 2. The van der Waals surface area contributed by atoms with E-state index in [1.807, 2.05) is 30.3 Å². The number of rotatable bonds is 5. The van der Waals surface area contributed by atoms with Crippen molar-refractivity contribution in [3.8, 4) is 0 Å². The fraction of sp³-hybridized carbons (Fsp3) is 0.353. The predicted molar refractivity (Wildman–Crippen MR) is 84.0 cm³/mol. The van der Waals surface area contributed by atoms with Gasteiger partial charge in [0.1, 0.15) is 12.1 Å². The van der Waals surface area contributed by atoms with Crippen molar-refractivity contribution in [3.05, 3.63) is 53.5 Å². The lowest BCUT2D eigenvalue weighted by Gasteiger charge is -2.20. The number of hydrogen-bond donors (Lipinski definition) is 2. The highest BCUT2D eigenvalue weighted by atomic mass is 16.4. The molecule has 1 heterocycles. The Morgan fingerprint density at radius 1 is 1.18 bits per heavy atom. The topological polar surface area (TPSA) is 75.1 Å². The van der Waals surface area contributed by atoms with E-state index < -0.39 is 11.9 Å². The van der Waals surface area contributed by atoms with Crippen molar-refractivity contribution in [2.75, 3.05) is 11.9 Å². The molecule has 1 atom stereocenters. The van der Waals surface area contributed by atoms with Gasteiger partial charge in [0.2, 0.25) is 0 Å². The smallest absolute Gasteiger partial charge is 0.312 e. The second-order valence-corrected chi connectivity index (χ2v) is 5.54. The van der Waals surface area contributed by atoms with Crippen molar-refractivity contribution in [1.29, 1.82) is 0 Å². The lowest BCUT2D eigenvalue weighted by Crippen LogP contribution is -2.22. The van der Waals surface area contributed by atoms with Gasteiger partial charge in [-0.1, -0.05) is 30.3 Å². The number of nitrogens with one attached hydrogen (secondary N) is 1. The van der Waals surface area contributed by atoms with E-state index in [0.29, 0.717) is 6.54 Å². The Morgan fingerprint density at radius 2 is 1.95 bits per heavy atom. The molecule has 0 amide bonds. The first kappa shape index (κ1) is 14.5. The van der Waals surface area contributed by atoms with E-state index in [0.717, 1.165) is 48.3 Å². The summed E-state index contributed by atoms with van der Waals surface area (Å²) in [5.41, 5.74) is 3.03. The molecule has 2 aromatic rings. The van der Waals surface area contributed by atoms with Crippen LogP contribution in [0.2, 0.25) is 0 Å². The first-order valence-electron chi connectivity index (χ1n) is 7.60. The van der Waals surface area contributed by atoms with Crippen molar-refractivity contribution in [2.24, 2.45) is 0 Å². The number of carboxylic acid groups (broad SMARTS) is 1. The zero-order chi connectivity index (χ0) is 15.4. The van der Waals surface area contributed by atoms with E-state index in [2.05, 4.69) is 15.3 Å². The van der Waals surface area contributed by atoms with Crippen molar-refractivity contribution < 1.29 is 9.90 Å². The Bertz CT molecular complexity index is 658. The Morgan fingerprint density at radius 3 is 2.73 bits per heavy atom. The van der Waals surface area contributed by atoms with Crippen LogP contribution in [0.15, 0.2) is 36.7 Å². The molecule has 1 aromatic carbocycles. The van der Waals surface area contributed by atoms with Gasteiger partial charge in [-0.25, -0.2) is 9.97 Å². The summed E-state index contributed by atoms with van der Waals surface area (Å²) in [6, 6.07) is 9.29. The van der Waals surface area contributed by atoms with Crippen LogP contribution in [-0.2, 0) is 17.6 Å². The van der Waals surface area contributed by atoms with E-state index in [-0.39, 0.29) is 0 Å². The molecule has 0 aliphatic heterocycles. The number of aliphatic carboxylic acids is 1. The molecule has 1 aliphatic rings. The zero-order valence-corrected chi connectivity index (χ0v) is 12.3. The highest BCUT2D eigenvalue weighted by Crippen LogP contribution is 2.25. The second kappa shape index (κ2) is 6.56. The summed E-state index contributed by atoms with van der Waals surface area (Å²) < 4.78 is 0. The molecule has 0 spiro atoms. The van der Waals surface area contributed by atoms with E-state index in [4.69, 9.17) is 0 Å². The van der Waals surface area contributed by atoms with Gasteiger partial charge < -0.3 is 10.4 Å². The van der Waals surface area contributed by atoms with Crippen LogP contribution < -0.4 is 5.32 Å². The number of anilines is 1. The molecule has 0 fully saturated rings. The number of aryl methyl sites for hydroxylation is 1. The van der Waals surface area contributed by atoms with Crippen LogP contribution in [-0.4, -0.2) is 27.6 Å². The summed E-state index contributed by atoms with van der Waals surface area (Å²) in [7, 11) is 0. The van der Waals surface area contributed by atoms with Crippen LogP contribution in [0.4, 0.5) is 5.82 Å². The fourth-order valence-corrected chi connectivity index (χ4v) is 2.91. The number of hydrogen-bond acceptors (Lipinski definition) is 4. The molecule has 114 valence electrons. The maximum atomic E-state index is 11.5. The maximum absolute atomic E-state index is 11.5. The van der Waals surface area contributed by atoms with Crippen molar-refractivity contribution in [3.63, 3.8) is 0 Å². The molecule has 0 radical (unpaired) electrons. The summed E-state index contributed by atoms with van der Waals surface area (Å²) in [6.45, 7) is 0.322. The van der Waals surface area contributed by atoms with Gasteiger partial charge in [-0.3, -0.25) is 4.79 Å². The minimum Gasteiger partial charge on any atom is -0.481 e. The molecule has 1 unspecified atom stereocenters. The van der Waals surface area contributed by atoms with E-state index in [1.165, 1.54) is 0 Å². The normalized spacial score (nSPS) is 14.9. The van der Waals surface area contributed by atoms with Gasteiger partial charge in [0.15, 0.2) is 0 Å². The zero-order valence-electron chi connectivity index (χ0n) is 12.3. The molecule has 5 heteroatoms. The molecular weight excluding hydrogens is 278 g/mol. The lowest BCUT2D eigenvalue weighted by molar-refractivity contribution is -0.138. The van der Waals surface area contributed by atoms with Crippen LogP contribution in [0.1, 0.15) is 35.6 Å². The Labute approximate surface area is 129 Å². The number of fused-ring (bicyclic) bond motifs is 1. The summed E-state index contributed by atoms with van der Waals surface area (Å²) in [6.07, 6.45) is 5.79. The summed E-state index contributed by atoms with van der Waals surface area (Å²) in [5.74, 6) is -0.635. The third-order valence-electron chi connectivity index (χ3n) is 4.10. The number of aromatic nitrogens is 2. The van der Waals surface area contributed by atoms with Crippen molar-refractivity contribution in [2.45, 2.75) is 31.6 Å². The number of benzene rings is 1. The molecule has 1 aromatic heterocycles. The van der Waals surface area contributed by atoms with Gasteiger partial charge >= 0.3 is 5.97 Å². The third kappa shape index (κ3) is 3.08. The van der Waals surface area contributed by atoms with Crippen LogP contribution in [0.3, 0.4) is 0 Å². The number of carboxylic acids is 1. The third-order valence-corrected chi connectivity index (χ3v) is 4.10. The van der Waals surface area contributed by atoms with Gasteiger partial charge in [0.25, 0.3) is 0 Å². The van der Waals surface area contributed by atoms with Crippen molar-refractivity contribution in [1.82, 2.24) is 9.97 Å².